The second-order valence-electron chi connectivity index (χ2n) is 17.3. The van der Waals surface area contributed by atoms with E-state index in [2.05, 4.69) is 252 Å². The van der Waals surface area contributed by atoms with Crippen LogP contribution in [-0.2, 0) is 0 Å². The molecule has 2 aromatic heterocycles. The summed E-state index contributed by atoms with van der Waals surface area (Å²) < 4.78 is 8.73. The molecule has 13 rings (SSSR count). The quantitative estimate of drug-likeness (QED) is 0.152. The molecular formula is C64H42N2O. The molecule has 11 aromatic carbocycles. The molecule has 0 aliphatic rings. The van der Waals surface area contributed by atoms with Crippen LogP contribution in [-0.4, -0.2) is 4.57 Å². The largest absolute Gasteiger partial charge is 0.456 e. The van der Waals surface area contributed by atoms with Gasteiger partial charge in [-0.25, -0.2) is 0 Å². The molecule has 3 heteroatoms. The van der Waals surface area contributed by atoms with E-state index in [1.165, 1.54) is 55.0 Å². The van der Waals surface area contributed by atoms with Crippen LogP contribution < -0.4 is 4.90 Å². The maximum absolute atomic E-state index is 6.35. The lowest BCUT2D eigenvalue weighted by Crippen LogP contribution is -2.10. The highest BCUT2D eigenvalue weighted by Crippen LogP contribution is 2.44. The van der Waals surface area contributed by atoms with Gasteiger partial charge in [0.2, 0.25) is 0 Å². The van der Waals surface area contributed by atoms with Gasteiger partial charge in [-0.3, -0.25) is 0 Å². The van der Waals surface area contributed by atoms with Gasteiger partial charge in [0.05, 0.1) is 16.7 Å². The van der Waals surface area contributed by atoms with E-state index >= 15 is 0 Å². The first-order chi connectivity index (χ1) is 33.2. The van der Waals surface area contributed by atoms with Crippen molar-refractivity contribution in [2.75, 3.05) is 4.90 Å². The van der Waals surface area contributed by atoms with Crippen molar-refractivity contribution in [3.8, 4) is 50.2 Å². The van der Waals surface area contributed by atoms with Crippen LogP contribution in [0.2, 0.25) is 0 Å². The highest BCUT2D eigenvalue weighted by Gasteiger charge is 2.19. The lowest BCUT2D eigenvalue weighted by Gasteiger charge is -2.28. The van der Waals surface area contributed by atoms with Crippen LogP contribution in [0.4, 0.5) is 17.1 Å². The molecule has 0 aliphatic heterocycles. The Morgan fingerprint density at radius 1 is 0.284 bits per heavy atom. The summed E-state index contributed by atoms with van der Waals surface area (Å²) in [5.74, 6) is 0. The number of para-hydroxylation sites is 3. The Bertz CT molecular complexity index is 3920. The number of aromatic nitrogens is 1. The van der Waals surface area contributed by atoms with Crippen molar-refractivity contribution in [1.29, 1.82) is 0 Å². The van der Waals surface area contributed by atoms with Crippen LogP contribution in [0.1, 0.15) is 0 Å². The van der Waals surface area contributed by atoms with Gasteiger partial charge in [-0.05, 0) is 123 Å². The summed E-state index contributed by atoms with van der Waals surface area (Å²) in [5, 5.41) is 7.14. The monoisotopic (exact) mass is 854 g/mol. The van der Waals surface area contributed by atoms with E-state index in [0.29, 0.717) is 0 Å². The van der Waals surface area contributed by atoms with Gasteiger partial charge in [-0.2, -0.15) is 0 Å². The third-order valence-electron chi connectivity index (χ3n) is 13.4. The van der Waals surface area contributed by atoms with Crippen molar-refractivity contribution in [2.24, 2.45) is 0 Å². The van der Waals surface area contributed by atoms with Gasteiger partial charge in [0, 0.05) is 44.0 Å². The number of rotatable bonds is 8. The second-order valence-corrected chi connectivity index (χ2v) is 17.3. The number of benzene rings is 11. The van der Waals surface area contributed by atoms with Crippen LogP contribution >= 0.6 is 0 Å². The third-order valence-corrected chi connectivity index (χ3v) is 13.4. The average molecular weight is 855 g/mol. The van der Waals surface area contributed by atoms with Crippen molar-refractivity contribution < 1.29 is 4.42 Å². The molecule has 67 heavy (non-hydrogen) atoms. The first-order valence-electron chi connectivity index (χ1n) is 22.9. The molecule has 0 aliphatic carbocycles. The predicted octanol–water partition coefficient (Wildman–Crippen LogP) is 18.0. The van der Waals surface area contributed by atoms with E-state index in [1.807, 2.05) is 12.1 Å². The summed E-state index contributed by atoms with van der Waals surface area (Å²) in [6.07, 6.45) is 0. The van der Waals surface area contributed by atoms with Gasteiger partial charge < -0.3 is 13.9 Å². The number of hydrogen-bond donors (Lipinski definition) is 0. The fraction of sp³-hybridized carbons (Fsp3) is 0. The summed E-state index contributed by atoms with van der Waals surface area (Å²) in [5.41, 5.74) is 18.0. The molecule has 0 spiro atoms. The van der Waals surface area contributed by atoms with Crippen LogP contribution in [0, 0.1) is 0 Å². The summed E-state index contributed by atoms with van der Waals surface area (Å²) in [7, 11) is 0. The SMILES string of the molecule is c1ccc(-c2cccc(N(c3ccc(-c4ccc(-c5cccc(-n6c7ccccc7c7ccccc76)c5)cc4)cc3)c3ccc(-c4ccc5c(c4)oc4ccccc45)c4ccccc34)c2)cc1. The Balaban J connectivity index is 0.868. The zero-order valence-corrected chi connectivity index (χ0v) is 36.6. The number of furan rings is 1. The molecule has 0 atom stereocenters. The fourth-order valence-electron chi connectivity index (χ4n) is 10.2. The first kappa shape index (κ1) is 38.5. The number of anilines is 3. The second kappa shape index (κ2) is 16.0. The smallest absolute Gasteiger partial charge is 0.136 e. The number of nitrogens with zero attached hydrogens (tertiary/aromatic N) is 2. The molecule has 3 nitrogen and oxygen atoms in total. The Labute approximate surface area is 388 Å². The maximum atomic E-state index is 6.35. The first-order valence-corrected chi connectivity index (χ1v) is 22.9. The number of hydrogen-bond acceptors (Lipinski definition) is 2. The van der Waals surface area contributed by atoms with Gasteiger partial charge >= 0.3 is 0 Å². The molecular weight excluding hydrogens is 813 g/mol. The van der Waals surface area contributed by atoms with Gasteiger partial charge in [-0.1, -0.05) is 182 Å². The lowest BCUT2D eigenvalue weighted by atomic mass is 9.95. The van der Waals surface area contributed by atoms with Crippen molar-refractivity contribution in [2.45, 2.75) is 0 Å². The summed E-state index contributed by atoms with van der Waals surface area (Å²) >= 11 is 0. The van der Waals surface area contributed by atoms with Gasteiger partial charge in [-0.15, -0.1) is 0 Å². The van der Waals surface area contributed by atoms with E-state index in [1.54, 1.807) is 0 Å². The van der Waals surface area contributed by atoms with Crippen molar-refractivity contribution in [3.05, 3.63) is 255 Å². The summed E-state index contributed by atoms with van der Waals surface area (Å²) in [6.45, 7) is 0. The van der Waals surface area contributed by atoms with Gasteiger partial charge in [0.1, 0.15) is 11.2 Å². The average Bonchev–Trinajstić information content (AvgIpc) is 3.95. The van der Waals surface area contributed by atoms with Gasteiger partial charge in [0.25, 0.3) is 0 Å². The van der Waals surface area contributed by atoms with Crippen LogP contribution in [0.25, 0.3) is 105 Å². The van der Waals surface area contributed by atoms with E-state index in [0.717, 1.165) is 66.8 Å². The molecule has 0 saturated heterocycles. The highest BCUT2D eigenvalue weighted by molar-refractivity contribution is 6.11. The molecule has 13 aromatic rings. The fourth-order valence-corrected chi connectivity index (χ4v) is 10.2. The Morgan fingerprint density at radius 3 is 1.54 bits per heavy atom. The molecule has 314 valence electrons. The molecule has 0 radical (unpaired) electrons. The Hall–Kier alpha value is -8.92. The van der Waals surface area contributed by atoms with E-state index < -0.39 is 0 Å². The Kier molecular flexibility index (Phi) is 9.17. The zero-order chi connectivity index (χ0) is 44.3. The summed E-state index contributed by atoms with van der Waals surface area (Å²) in [4.78, 5) is 2.40. The lowest BCUT2D eigenvalue weighted by molar-refractivity contribution is 0.669. The highest BCUT2D eigenvalue weighted by atomic mass is 16.3. The maximum Gasteiger partial charge on any atom is 0.136 e. The van der Waals surface area contributed by atoms with Crippen LogP contribution in [0.3, 0.4) is 0 Å². The minimum Gasteiger partial charge on any atom is -0.456 e. The predicted molar refractivity (Wildman–Crippen MR) is 282 cm³/mol. The molecule has 0 fully saturated rings. The van der Waals surface area contributed by atoms with Crippen molar-refractivity contribution in [3.63, 3.8) is 0 Å². The van der Waals surface area contributed by atoms with Crippen LogP contribution in [0.5, 0.6) is 0 Å². The third kappa shape index (κ3) is 6.67. The molecule has 0 N–H and O–H groups in total. The van der Waals surface area contributed by atoms with Crippen molar-refractivity contribution >= 4 is 71.6 Å². The number of fused-ring (bicyclic) bond motifs is 7. The molecule has 2 heterocycles. The zero-order valence-electron chi connectivity index (χ0n) is 36.6. The summed E-state index contributed by atoms with van der Waals surface area (Å²) in [6, 6.07) is 91.9. The normalized spacial score (nSPS) is 11.6. The van der Waals surface area contributed by atoms with Crippen molar-refractivity contribution in [1.82, 2.24) is 4.57 Å². The topological polar surface area (TPSA) is 21.3 Å². The van der Waals surface area contributed by atoms with Crippen LogP contribution in [0.15, 0.2) is 259 Å². The minimum absolute atomic E-state index is 0.894. The van der Waals surface area contributed by atoms with Gasteiger partial charge in [0.15, 0.2) is 0 Å². The van der Waals surface area contributed by atoms with E-state index in [4.69, 9.17) is 4.42 Å². The molecule has 0 amide bonds. The van der Waals surface area contributed by atoms with E-state index in [-0.39, 0.29) is 0 Å². The molecule has 0 saturated carbocycles. The molecule has 0 unspecified atom stereocenters. The standard InChI is InChI=1S/C64H42N2O/c1-2-14-43(15-3-1)47-16-12-18-51(40-47)65(62-39-38-53(54-20-4-5-21-55(54)62)49-34-37-59-58-24-8-11-27-63(58)67-64(59)42-49)50-35-32-45(33-36-50)44-28-30-46(31-29-44)48-17-13-19-52(41-48)66-60-25-9-6-22-56(60)57-23-7-10-26-61(57)66/h1-42H. The molecule has 0 bridgehead atoms. The Morgan fingerprint density at radius 2 is 0.806 bits per heavy atom. The minimum atomic E-state index is 0.894. The van der Waals surface area contributed by atoms with E-state index in [9.17, 15) is 0 Å².